The molecule has 0 spiro atoms. The van der Waals surface area contributed by atoms with Crippen LogP contribution >= 0.6 is 0 Å². The van der Waals surface area contributed by atoms with Crippen LogP contribution in [-0.4, -0.2) is 17.4 Å². The predicted octanol–water partition coefficient (Wildman–Crippen LogP) is 5.11. The van der Waals surface area contributed by atoms with E-state index < -0.39 is 10.0 Å². The first-order valence-corrected chi connectivity index (χ1v) is 10.8. The Bertz CT molecular complexity index is 1270. The molecule has 4 aromatic rings. The van der Waals surface area contributed by atoms with Gasteiger partial charge in [-0.05, 0) is 48.4 Å². The maximum Gasteiger partial charge on any atom is 0.269 e. The van der Waals surface area contributed by atoms with E-state index >= 15 is 0 Å². The van der Waals surface area contributed by atoms with Crippen LogP contribution in [-0.2, 0) is 16.4 Å². The van der Waals surface area contributed by atoms with Crippen molar-refractivity contribution in [2.24, 2.45) is 0 Å². The van der Waals surface area contributed by atoms with Crippen LogP contribution in [0.15, 0.2) is 78.1 Å². The molecule has 1 N–H and O–H groups in total. The van der Waals surface area contributed by atoms with E-state index in [1.54, 1.807) is 36.5 Å². The van der Waals surface area contributed by atoms with E-state index in [1.807, 2.05) is 19.1 Å². The number of nitrogens with zero attached hydrogens (tertiary/aromatic N) is 2. The Labute approximate surface area is 168 Å². The number of hydrogen-bond donors (Lipinski definition) is 1. The van der Waals surface area contributed by atoms with E-state index in [4.69, 9.17) is 0 Å². The van der Waals surface area contributed by atoms with Crippen molar-refractivity contribution in [3.05, 3.63) is 84.6 Å². The van der Waals surface area contributed by atoms with Crippen LogP contribution in [0, 0.1) is 5.82 Å². The molecule has 0 aliphatic heterocycles. The van der Waals surface area contributed by atoms with E-state index in [0.717, 1.165) is 23.8 Å². The fraction of sp³-hybridized carbons (Fsp3) is 0.136. The van der Waals surface area contributed by atoms with Gasteiger partial charge in [0.25, 0.3) is 10.0 Å². The highest BCUT2D eigenvalue weighted by atomic mass is 32.2. The fourth-order valence-electron chi connectivity index (χ4n) is 3.34. The average Bonchev–Trinajstić information content (AvgIpc) is 3.09. The van der Waals surface area contributed by atoms with E-state index in [1.165, 1.54) is 28.5 Å². The first kappa shape index (κ1) is 19.1. The van der Waals surface area contributed by atoms with Crippen molar-refractivity contribution >= 4 is 32.3 Å². The van der Waals surface area contributed by atoms with Crippen molar-refractivity contribution in [2.75, 3.05) is 5.32 Å². The summed E-state index contributed by atoms with van der Waals surface area (Å²) in [6.45, 7) is 2.05. The summed E-state index contributed by atoms with van der Waals surface area (Å²) in [5.74, 6) is -0.377. The molecule has 0 unspecified atom stereocenters. The minimum absolute atomic E-state index is 0.118. The van der Waals surface area contributed by atoms with Gasteiger partial charge in [0.1, 0.15) is 10.7 Å². The van der Waals surface area contributed by atoms with Crippen molar-refractivity contribution < 1.29 is 12.8 Å². The molecule has 4 rings (SSSR count). The van der Waals surface area contributed by atoms with E-state index in [2.05, 4.69) is 10.3 Å². The summed E-state index contributed by atoms with van der Waals surface area (Å²) in [6, 6.07) is 14.9. The normalized spacial score (nSPS) is 11.7. The molecule has 0 bridgehead atoms. The highest BCUT2D eigenvalue weighted by Crippen LogP contribution is 2.30. The van der Waals surface area contributed by atoms with Crippen LogP contribution < -0.4 is 5.32 Å². The monoisotopic (exact) mass is 409 g/mol. The van der Waals surface area contributed by atoms with Crippen LogP contribution in [0.2, 0.25) is 0 Å². The Morgan fingerprint density at radius 2 is 1.93 bits per heavy atom. The second-order valence-corrected chi connectivity index (χ2v) is 8.55. The second kappa shape index (κ2) is 7.67. The lowest BCUT2D eigenvalue weighted by Crippen LogP contribution is -2.12. The van der Waals surface area contributed by atoms with Gasteiger partial charge < -0.3 is 5.32 Å². The summed E-state index contributed by atoms with van der Waals surface area (Å²) >= 11 is 0. The maximum absolute atomic E-state index is 14.0. The standard InChI is InChI=1S/C22H20FN3O2S/c1-2-6-16-15-26(29(27,28)18-7-5-12-24-14-18)22-13-17(10-11-19(16)22)25-21-9-4-3-8-20(21)23/h3-5,7-15,25H,2,6H2,1H3. The lowest BCUT2D eigenvalue weighted by atomic mass is 10.1. The van der Waals surface area contributed by atoms with E-state index in [9.17, 15) is 12.8 Å². The van der Waals surface area contributed by atoms with Gasteiger partial charge in [0.2, 0.25) is 0 Å². The number of anilines is 2. The Morgan fingerprint density at radius 1 is 1.10 bits per heavy atom. The number of aryl methyl sites for hydroxylation is 1. The molecule has 148 valence electrons. The van der Waals surface area contributed by atoms with Gasteiger partial charge in [-0.1, -0.05) is 31.5 Å². The molecular weight excluding hydrogens is 389 g/mol. The van der Waals surface area contributed by atoms with Gasteiger partial charge in [-0.15, -0.1) is 0 Å². The van der Waals surface area contributed by atoms with Crippen molar-refractivity contribution in [3.63, 3.8) is 0 Å². The van der Waals surface area contributed by atoms with Gasteiger partial charge in [0.05, 0.1) is 11.2 Å². The first-order valence-electron chi connectivity index (χ1n) is 9.32. The topological polar surface area (TPSA) is 64.0 Å². The third-order valence-electron chi connectivity index (χ3n) is 4.72. The second-order valence-electron chi connectivity index (χ2n) is 6.73. The van der Waals surface area contributed by atoms with Crippen molar-refractivity contribution in [1.82, 2.24) is 8.96 Å². The molecule has 0 aliphatic carbocycles. The molecule has 2 heterocycles. The van der Waals surface area contributed by atoms with Crippen molar-refractivity contribution in [3.8, 4) is 0 Å². The highest BCUT2D eigenvalue weighted by Gasteiger charge is 2.21. The quantitative estimate of drug-likeness (QED) is 0.481. The van der Waals surface area contributed by atoms with Crippen LogP contribution in [0.1, 0.15) is 18.9 Å². The highest BCUT2D eigenvalue weighted by molar-refractivity contribution is 7.90. The summed E-state index contributed by atoms with van der Waals surface area (Å²) < 4.78 is 41.8. The third-order valence-corrected chi connectivity index (χ3v) is 6.37. The number of halogens is 1. The molecular formula is C22H20FN3O2S. The predicted molar refractivity (Wildman–Crippen MR) is 112 cm³/mol. The number of para-hydroxylation sites is 1. The Kier molecular flexibility index (Phi) is 5.07. The summed E-state index contributed by atoms with van der Waals surface area (Å²) in [4.78, 5) is 4.05. The fourth-order valence-corrected chi connectivity index (χ4v) is 4.69. The van der Waals surface area contributed by atoms with Gasteiger partial charge >= 0.3 is 0 Å². The van der Waals surface area contributed by atoms with E-state index in [-0.39, 0.29) is 10.7 Å². The first-order chi connectivity index (χ1) is 14.0. The van der Waals surface area contributed by atoms with Gasteiger partial charge in [-0.3, -0.25) is 4.98 Å². The molecule has 0 aliphatic rings. The summed E-state index contributed by atoms with van der Waals surface area (Å²) in [5, 5.41) is 3.89. The number of hydrogen-bond acceptors (Lipinski definition) is 4. The van der Waals surface area contributed by atoms with E-state index in [0.29, 0.717) is 16.9 Å². The van der Waals surface area contributed by atoms with Crippen LogP contribution in [0.4, 0.5) is 15.8 Å². The molecule has 2 aromatic carbocycles. The molecule has 5 nitrogen and oxygen atoms in total. The minimum atomic E-state index is -3.81. The molecule has 2 aromatic heterocycles. The molecule has 0 radical (unpaired) electrons. The zero-order valence-electron chi connectivity index (χ0n) is 15.8. The van der Waals surface area contributed by atoms with Gasteiger partial charge in [0, 0.05) is 29.7 Å². The Morgan fingerprint density at radius 3 is 2.66 bits per heavy atom. The van der Waals surface area contributed by atoms with Crippen LogP contribution in [0.25, 0.3) is 10.9 Å². The molecule has 0 saturated heterocycles. The Hall–Kier alpha value is -3.19. The van der Waals surface area contributed by atoms with Gasteiger partial charge in [-0.25, -0.2) is 16.8 Å². The van der Waals surface area contributed by atoms with Crippen molar-refractivity contribution in [2.45, 2.75) is 24.7 Å². The third kappa shape index (κ3) is 3.61. The van der Waals surface area contributed by atoms with Crippen molar-refractivity contribution in [1.29, 1.82) is 0 Å². The van der Waals surface area contributed by atoms with Crippen LogP contribution in [0.3, 0.4) is 0 Å². The molecule has 7 heteroatoms. The molecule has 0 fully saturated rings. The molecule has 0 atom stereocenters. The number of benzene rings is 2. The zero-order valence-corrected chi connectivity index (χ0v) is 16.7. The molecule has 0 saturated carbocycles. The Balaban J connectivity index is 1.86. The number of pyridine rings is 1. The molecule has 0 amide bonds. The SMILES string of the molecule is CCCc1cn(S(=O)(=O)c2cccnc2)c2cc(Nc3ccccc3F)ccc12. The van der Waals surface area contributed by atoms with Gasteiger partial charge in [0.15, 0.2) is 0 Å². The minimum Gasteiger partial charge on any atom is -0.353 e. The van der Waals surface area contributed by atoms with Gasteiger partial charge in [-0.2, -0.15) is 0 Å². The van der Waals surface area contributed by atoms with Crippen LogP contribution in [0.5, 0.6) is 0 Å². The summed E-state index contributed by atoms with van der Waals surface area (Å²) in [7, 11) is -3.81. The lowest BCUT2D eigenvalue weighted by Gasteiger charge is -2.10. The smallest absolute Gasteiger partial charge is 0.269 e. The largest absolute Gasteiger partial charge is 0.353 e. The number of rotatable bonds is 6. The zero-order chi connectivity index (χ0) is 20.4. The average molecular weight is 409 g/mol. The number of fused-ring (bicyclic) bond motifs is 1. The molecule has 29 heavy (non-hydrogen) atoms. The number of nitrogens with one attached hydrogen (secondary N) is 1. The number of aromatic nitrogens is 2. The summed E-state index contributed by atoms with van der Waals surface area (Å²) in [5.41, 5.74) is 2.42. The summed E-state index contributed by atoms with van der Waals surface area (Å²) in [6.07, 6.45) is 6.19. The lowest BCUT2D eigenvalue weighted by molar-refractivity contribution is 0.588. The maximum atomic E-state index is 14.0.